The van der Waals surface area contributed by atoms with Gasteiger partial charge in [0, 0.05) is 22.3 Å². The van der Waals surface area contributed by atoms with Crippen molar-refractivity contribution in [2.45, 2.75) is 0 Å². The number of benzene rings is 12. The lowest BCUT2D eigenvalue weighted by Crippen LogP contribution is -2.01. The third-order valence-electron chi connectivity index (χ3n) is 14.7. The van der Waals surface area contributed by atoms with E-state index in [-0.39, 0.29) is 0 Å². The molecule has 14 rings (SSSR count). The summed E-state index contributed by atoms with van der Waals surface area (Å²) in [7, 11) is 0. The van der Waals surface area contributed by atoms with E-state index in [4.69, 9.17) is 15.0 Å². The van der Waals surface area contributed by atoms with Crippen LogP contribution in [0.5, 0.6) is 0 Å². The number of hydrogen-bond acceptors (Lipinski definition) is 4. The van der Waals surface area contributed by atoms with Gasteiger partial charge in [0.2, 0.25) is 0 Å². The topological polar surface area (TPSA) is 62.5 Å². The van der Waals surface area contributed by atoms with Crippen molar-refractivity contribution in [2.75, 3.05) is 0 Å². The molecule has 0 unspecified atom stereocenters. The van der Waals surface area contributed by atoms with Gasteiger partial charge >= 0.3 is 0 Å². The Bertz CT molecular complexity index is 4410. The van der Waals surface area contributed by atoms with Crippen molar-refractivity contribution in [2.24, 2.45) is 0 Å². The number of aromatic nitrogens is 3. The van der Waals surface area contributed by atoms with Gasteiger partial charge in [0.15, 0.2) is 17.5 Å². The molecule has 1 aliphatic carbocycles. The highest BCUT2D eigenvalue weighted by molar-refractivity contribution is 6.16. The van der Waals surface area contributed by atoms with Crippen molar-refractivity contribution >= 4 is 32.3 Å². The van der Waals surface area contributed by atoms with Crippen LogP contribution in [0.2, 0.25) is 0 Å². The number of rotatable bonds is 8. The smallest absolute Gasteiger partial charge is 0.164 e. The molecule has 0 aliphatic heterocycles. The Hall–Kier alpha value is -10.1. The Morgan fingerprint density at radius 3 is 1.50 bits per heavy atom. The van der Waals surface area contributed by atoms with Crippen LogP contribution >= 0.6 is 0 Å². The number of nitriles is 1. The van der Waals surface area contributed by atoms with Gasteiger partial charge in [-0.25, -0.2) is 15.0 Å². The molecular formula is C70H42N4. The summed E-state index contributed by atoms with van der Waals surface area (Å²) in [4.78, 5) is 15.5. The minimum atomic E-state index is 0.593. The lowest BCUT2D eigenvalue weighted by molar-refractivity contribution is 1.07. The fourth-order valence-corrected chi connectivity index (χ4v) is 11.2. The second-order valence-corrected chi connectivity index (χ2v) is 19.0. The van der Waals surface area contributed by atoms with Gasteiger partial charge in [0.25, 0.3) is 0 Å². The maximum Gasteiger partial charge on any atom is 0.164 e. The van der Waals surface area contributed by atoms with Gasteiger partial charge in [-0.05, 0) is 129 Å². The molecule has 0 atom stereocenters. The Labute approximate surface area is 428 Å². The molecule has 0 saturated carbocycles. The maximum absolute atomic E-state index is 10.5. The Kier molecular flexibility index (Phi) is 10.2. The van der Waals surface area contributed by atoms with E-state index in [0.29, 0.717) is 23.0 Å². The monoisotopic (exact) mass is 938 g/mol. The van der Waals surface area contributed by atoms with Crippen molar-refractivity contribution in [3.8, 4) is 118 Å². The quantitative estimate of drug-likeness (QED) is 0.142. The SMILES string of the molecule is N#Cc1cccc(-c2cccc(-c3ccc(-c4nc(-c5ccccc5)nc(-c5ccccc5-c5cc6ccccc6c6ccccc56)n4)cc3)c2)c1-c1ccc(-c2ccc3c(c2)-c2cccc4cccc-3c24)cc1. The van der Waals surface area contributed by atoms with Crippen LogP contribution in [-0.4, -0.2) is 15.0 Å². The van der Waals surface area contributed by atoms with Crippen LogP contribution in [0.4, 0.5) is 0 Å². The normalized spacial score (nSPS) is 11.5. The first kappa shape index (κ1) is 42.8. The zero-order valence-corrected chi connectivity index (χ0v) is 40.0. The van der Waals surface area contributed by atoms with Gasteiger partial charge in [0.05, 0.1) is 11.6 Å². The lowest BCUT2D eigenvalue weighted by atomic mass is 9.88. The second kappa shape index (κ2) is 17.6. The standard InChI is InChI=1S/C70H42N4/c71-43-54-21-13-27-56(66(54)47-34-30-45(31-35-47)51-38-39-60-61-28-11-17-46-18-12-29-62(67(46)61)65(60)41-51)52-20-10-19-50(40-52)44-32-36-49(37-33-44)69-72-68(48-14-2-1-3-15-48)73-70(74-69)63-26-9-8-25-59(63)64-42-53-16-4-5-22-55(53)57-23-6-7-24-58(57)64/h1-42H. The van der Waals surface area contributed by atoms with E-state index in [1.165, 1.54) is 54.6 Å². The first-order valence-corrected chi connectivity index (χ1v) is 25.0. The molecule has 12 aromatic carbocycles. The summed E-state index contributed by atoms with van der Waals surface area (Å²) in [6.07, 6.45) is 0. The van der Waals surface area contributed by atoms with Crippen molar-refractivity contribution in [3.63, 3.8) is 0 Å². The average molecular weight is 939 g/mol. The first-order valence-electron chi connectivity index (χ1n) is 25.0. The Morgan fingerprint density at radius 1 is 0.257 bits per heavy atom. The summed E-state index contributed by atoms with van der Waals surface area (Å²) >= 11 is 0. The summed E-state index contributed by atoms with van der Waals surface area (Å²) in [6.45, 7) is 0. The molecule has 0 N–H and O–H groups in total. The van der Waals surface area contributed by atoms with E-state index >= 15 is 0 Å². The average Bonchev–Trinajstić information content (AvgIpc) is 3.81. The predicted octanol–water partition coefficient (Wildman–Crippen LogP) is 18.2. The molecule has 13 aromatic rings. The molecule has 1 heterocycles. The van der Waals surface area contributed by atoms with Crippen LogP contribution in [0, 0.1) is 11.3 Å². The van der Waals surface area contributed by atoms with Crippen molar-refractivity contribution in [1.82, 2.24) is 15.0 Å². The third-order valence-corrected chi connectivity index (χ3v) is 14.7. The zero-order chi connectivity index (χ0) is 49.1. The molecule has 4 heteroatoms. The van der Waals surface area contributed by atoms with Gasteiger partial charge in [-0.2, -0.15) is 5.26 Å². The van der Waals surface area contributed by atoms with Crippen LogP contribution in [0.3, 0.4) is 0 Å². The minimum Gasteiger partial charge on any atom is -0.208 e. The summed E-state index contributed by atoms with van der Waals surface area (Å²) in [6, 6.07) is 92.2. The molecule has 74 heavy (non-hydrogen) atoms. The van der Waals surface area contributed by atoms with Gasteiger partial charge in [-0.1, -0.05) is 231 Å². The highest BCUT2D eigenvalue weighted by atomic mass is 15.0. The van der Waals surface area contributed by atoms with Gasteiger partial charge in [0.1, 0.15) is 0 Å². The lowest BCUT2D eigenvalue weighted by Gasteiger charge is -2.15. The van der Waals surface area contributed by atoms with Crippen molar-refractivity contribution < 1.29 is 0 Å². The molecular weight excluding hydrogens is 897 g/mol. The number of nitrogens with zero attached hydrogens (tertiary/aromatic N) is 4. The molecule has 1 aromatic heterocycles. The summed E-state index contributed by atoms with van der Waals surface area (Å²) in [5.74, 6) is 1.81. The van der Waals surface area contributed by atoms with Gasteiger partial charge in [-0.3, -0.25) is 0 Å². The van der Waals surface area contributed by atoms with E-state index in [1.807, 2.05) is 42.5 Å². The van der Waals surface area contributed by atoms with Crippen LogP contribution in [0.25, 0.3) is 144 Å². The molecule has 0 radical (unpaired) electrons. The van der Waals surface area contributed by atoms with E-state index in [9.17, 15) is 5.26 Å². The fraction of sp³-hybridized carbons (Fsp3) is 0. The highest BCUT2D eigenvalue weighted by Gasteiger charge is 2.23. The van der Waals surface area contributed by atoms with Crippen molar-refractivity contribution in [3.05, 3.63) is 260 Å². The summed E-state index contributed by atoms with van der Waals surface area (Å²) in [5.41, 5.74) is 19.0. The van der Waals surface area contributed by atoms with Crippen molar-refractivity contribution in [1.29, 1.82) is 5.26 Å². The van der Waals surface area contributed by atoms with E-state index in [1.54, 1.807) is 0 Å². The van der Waals surface area contributed by atoms with Gasteiger partial charge < -0.3 is 0 Å². The zero-order valence-electron chi connectivity index (χ0n) is 40.0. The van der Waals surface area contributed by atoms with E-state index in [2.05, 4.69) is 218 Å². The van der Waals surface area contributed by atoms with Crippen LogP contribution < -0.4 is 0 Å². The fourth-order valence-electron chi connectivity index (χ4n) is 11.2. The van der Waals surface area contributed by atoms with E-state index < -0.39 is 0 Å². The largest absolute Gasteiger partial charge is 0.208 e. The molecule has 4 nitrogen and oxygen atoms in total. The number of hydrogen-bond donors (Lipinski definition) is 0. The predicted molar refractivity (Wildman–Crippen MR) is 305 cm³/mol. The van der Waals surface area contributed by atoms with Crippen LogP contribution in [0.15, 0.2) is 255 Å². The summed E-state index contributed by atoms with van der Waals surface area (Å²) in [5, 5.41) is 17.9. The Morgan fingerprint density at radius 2 is 0.743 bits per heavy atom. The molecule has 342 valence electrons. The second-order valence-electron chi connectivity index (χ2n) is 19.0. The summed E-state index contributed by atoms with van der Waals surface area (Å²) < 4.78 is 0. The molecule has 0 amide bonds. The van der Waals surface area contributed by atoms with Crippen LogP contribution in [0.1, 0.15) is 5.56 Å². The first-order chi connectivity index (χ1) is 36.6. The number of fused-ring (bicyclic) bond motifs is 6. The minimum absolute atomic E-state index is 0.593. The van der Waals surface area contributed by atoms with Crippen LogP contribution in [-0.2, 0) is 0 Å². The molecule has 0 spiro atoms. The molecule has 1 aliphatic rings. The third kappa shape index (κ3) is 7.26. The molecule has 0 fully saturated rings. The molecule has 0 saturated heterocycles. The molecule has 0 bridgehead atoms. The maximum atomic E-state index is 10.5. The van der Waals surface area contributed by atoms with E-state index in [0.717, 1.165) is 72.3 Å². The van der Waals surface area contributed by atoms with Gasteiger partial charge in [-0.15, -0.1) is 0 Å². The highest BCUT2D eigenvalue weighted by Crippen LogP contribution is 2.49. The Balaban J connectivity index is 0.800.